The second kappa shape index (κ2) is 6.37. The number of hydrogen-bond acceptors (Lipinski definition) is 5. The van der Waals surface area contributed by atoms with E-state index in [9.17, 15) is 18.5 Å². The predicted molar refractivity (Wildman–Crippen MR) is 85.9 cm³/mol. The standard InChI is InChI=1S/C14H18N4O4S/c1-4-10(2)17-8-14(15-9-17)23(21,22)16-12-6-5-7-13(11(12)3)18(19)20/h5-10,16H,4H2,1-3H3/t10-/m0/s1. The number of nitro groups is 1. The van der Waals surface area contributed by atoms with E-state index < -0.39 is 14.9 Å². The minimum atomic E-state index is -3.90. The second-order valence-corrected chi connectivity index (χ2v) is 6.86. The largest absolute Gasteiger partial charge is 0.333 e. The van der Waals surface area contributed by atoms with Crippen molar-refractivity contribution in [2.45, 2.75) is 38.3 Å². The molecule has 0 bridgehead atoms. The van der Waals surface area contributed by atoms with Gasteiger partial charge in [0.15, 0.2) is 5.03 Å². The van der Waals surface area contributed by atoms with Crippen LogP contribution in [0, 0.1) is 17.0 Å². The molecule has 0 fully saturated rings. The Hall–Kier alpha value is -2.42. The summed E-state index contributed by atoms with van der Waals surface area (Å²) in [7, 11) is -3.90. The first kappa shape index (κ1) is 16.9. The zero-order valence-corrected chi connectivity index (χ0v) is 13.9. The van der Waals surface area contributed by atoms with Crippen LogP contribution in [-0.4, -0.2) is 22.9 Å². The number of sulfonamides is 1. The highest BCUT2D eigenvalue weighted by Gasteiger charge is 2.21. The third-order valence-corrected chi connectivity index (χ3v) is 4.95. The molecule has 23 heavy (non-hydrogen) atoms. The van der Waals surface area contributed by atoms with Crippen molar-refractivity contribution in [3.8, 4) is 0 Å². The maximum absolute atomic E-state index is 12.4. The molecule has 0 aliphatic carbocycles. The summed E-state index contributed by atoms with van der Waals surface area (Å²) in [5.41, 5.74) is 0.273. The summed E-state index contributed by atoms with van der Waals surface area (Å²) in [5, 5.41) is 10.8. The molecule has 2 rings (SSSR count). The monoisotopic (exact) mass is 338 g/mol. The van der Waals surface area contributed by atoms with Crippen molar-refractivity contribution < 1.29 is 13.3 Å². The Morgan fingerprint density at radius 2 is 2.13 bits per heavy atom. The minimum Gasteiger partial charge on any atom is -0.333 e. The van der Waals surface area contributed by atoms with E-state index in [2.05, 4.69) is 9.71 Å². The number of aromatic nitrogens is 2. The van der Waals surface area contributed by atoms with Gasteiger partial charge in [-0.1, -0.05) is 13.0 Å². The van der Waals surface area contributed by atoms with Crippen LogP contribution in [0.5, 0.6) is 0 Å². The molecule has 0 amide bonds. The van der Waals surface area contributed by atoms with E-state index in [4.69, 9.17) is 0 Å². The number of nitrogens with zero attached hydrogens (tertiary/aromatic N) is 3. The number of nitro benzene ring substituents is 1. The predicted octanol–water partition coefficient (Wildman–Crippen LogP) is 2.87. The molecule has 124 valence electrons. The lowest BCUT2D eigenvalue weighted by Crippen LogP contribution is -2.14. The van der Waals surface area contributed by atoms with Crippen LogP contribution in [0.3, 0.4) is 0 Å². The van der Waals surface area contributed by atoms with Crippen molar-refractivity contribution >= 4 is 21.4 Å². The Morgan fingerprint density at radius 3 is 2.74 bits per heavy atom. The Morgan fingerprint density at radius 1 is 1.43 bits per heavy atom. The molecule has 1 aromatic carbocycles. The van der Waals surface area contributed by atoms with Gasteiger partial charge in [-0.3, -0.25) is 14.8 Å². The topological polar surface area (TPSA) is 107 Å². The van der Waals surface area contributed by atoms with E-state index in [0.29, 0.717) is 0 Å². The lowest BCUT2D eigenvalue weighted by Gasteiger charge is -2.10. The summed E-state index contributed by atoms with van der Waals surface area (Å²) in [6.45, 7) is 5.44. The van der Waals surface area contributed by atoms with Crippen LogP contribution in [-0.2, 0) is 10.0 Å². The average molecular weight is 338 g/mol. The molecular weight excluding hydrogens is 320 g/mol. The van der Waals surface area contributed by atoms with Crippen molar-refractivity contribution in [1.82, 2.24) is 9.55 Å². The van der Waals surface area contributed by atoms with Gasteiger partial charge in [-0.2, -0.15) is 8.42 Å². The maximum Gasteiger partial charge on any atom is 0.280 e. The molecule has 9 heteroatoms. The van der Waals surface area contributed by atoms with E-state index in [1.807, 2.05) is 13.8 Å². The van der Waals surface area contributed by atoms with E-state index >= 15 is 0 Å². The zero-order chi connectivity index (χ0) is 17.2. The molecule has 1 heterocycles. The summed E-state index contributed by atoms with van der Waals surface area (Å²) in [5.74, 6) is 0. The Bertz CT molecular complexity index is 829. The van der Waals surface area contributed by atoms with Gasteiger partial charge in [0, 0.05) is 18.3 Å². The first-order valence-electron chi connectivity index (χ1n) is 7.06. The first-order chi connectivity index (χ1) is 10.8. The van der Waals surface area contributed by atoms with Gasteiger partial charge in [0.05, 0.1) is 22.5 Å². The van der Waals surface area contributed by atoms with Crippen LogP contribution in [0.2, 0.25) is 0 Å². The molecule has 0 radical (unpaired) electrons. The molecule has 0 aliphatic heterocycles. The molecule has 0 aliphatic rings. The SMILES string of the molecule is CC[C@H](C)n1cnc(S(=O)(=O)Nc2cccc([N+](=O)[O-])c2C)c1. The number of anilines is 1. The van der Waals surface area contributed by atoms with Gasteiger partial charge in [-0.25, -0.2) is 4.98 Å². The fourth-order valence-corrected chi connectivity index (χ4v) is 3.10. The van der Waals surface area contributed by atoms with Gasteiger partial charge < -0.3 is 4.57 Å². The molecule has 1 aromatic heterocycles. The van der Waals surface area contributed by atoms with Gasteiger partial charge in [0.25, 0.3) is 15.7 Å². The molecule has 0 saturated heterocycles. The van der Waals surface area contributed by atoms with Crippen LogP contribution < -0.4 is 4.72 Å². The lowest BCUT2D eigenvalue weighted by molar-refractivity contribution is -0.385. The molecular formula is C14H18N4O4S. The van der Waals surface area contributed by atoms with Crippen LogP contribution in [0.25, 0.3) is 0 Å². The van der Waals surface area contributed by atoms with Gasteiger partial charge in [-0.15, -0.1) is 0 Å². The highest BCUT2D eigenvalue weighted by atomic mass is 32.2. The van der Waals surface area contributed by atoms with Crippen molar-refractivity contribution in [3.63, 3.8) is 0 Å². The smallest absolute Gasteiger partial charge is 0.280 e. The zero-order valence-electron chi connectivity index (χ0n) is 13.1. The average Bonchev–Trinajstić information content (AvgIpc) is 2.99. The van der Waals surface area contributed by atoms with E-state index in [-0.39, 0.29) is 28.0 Å². The van der Waals surface area contributed by atoms with Crippen LogP contribution >= 0.6 is 0 Å². The van der Waals surface area contributed by atoms with Crippen molar-refractivity contribution in [2.24, 2.45) is 0 Å². The fourth-order valence-electron chi connectivity index (χ4n) is 2.04. The molecule has 0 unspecified atom stereocenters. The van der Waals surface area contributed by atoms with Gasteiger partial charge >= 0.3 is 0 Å². The van der Waals surface area contributed by atoms with E-state index in [1.54, 1.807) is 4.57 Å². The van der Waals surface area contributed by atoms with Crippen LogP contribution in [0.4, 0.5) is 11.4 Å². The molecule has 1 atom stereocenters. The summed E-state index contributed by atoms with van der Waals surface area (Å²) >= 11 is 0. The molecule has 1 N–H and O–H groups in total. The van der Waals surface area contributed by atoms with Crippen molar-refractivity contribution in [3.05, 3.63) is 46.4 Å². The van der Waals surface area contributed by atoms with Crippen LogP contribution in [0.1, 0.15) is 31.9 Å². The molecule has 0 saturated carbocycles. The van der Waals surface area contributed by atoms with E-state index in [1.165, 1.54) is 37.6 Å². The minimum absolute atomic E-state index is 0.122. The Labute approximate surface area is 134 Å². The number of rotatable bonds is 6. The number of benzene rings is 1. The third kappa shape index (κ3) is 3.50. The van der Waals surface area contributed by atoms with Crippen molar-refractivity contribution in [1.29, 1.82) is 0 Å². The Kier molecular flexibility index (Phi) is 4.69. The van der Waals surface area contributed by atoms with Gasteiger partial charge in [-0.05, 0) is 26.3 Å². The third-order valence-electron chi connectivity index (χ3n) is 3.70. The first-order valence-corrected chi connectivity index (χ1v) is 8.55. The lowest BCUT2D eigenvalue weighted by atomic mass is 10.2. The highest BCUT2D eigenvalue weighted by Crippen LogP contribution is 2.27. The van der Waals surface area contributed by atoms with E-state index in [0.717, 1.165) is 6.42 Å². The maximum atomic E-state index is 12.4. The number of hydrogen-bond donors (Lipinski definition) is 1. The normalized spacial score (nSPS) is 12.8. The Balaban J connectivity index is 2.34. The fraction of sp³-hybridized carbons (Fsp3) is 0.357. The second-order valence-electron chi connectivity index (χ2n) is 5.23. The summed E-state index contributed by atoms with van der Waals surface area (Å²) in [6, 6.07) is 4.36. The quantitative estimate of drug-likeness (QED) is 0.643. The number of nitrogens with one attached hydrogen (secondary N) is 1. The summed E-state index contributed by atoms with van der Waals surface area (Å²) < 4.78 is 28.9. The summed E-state index contributed by atoms with van der Waals surface area (Å²) in [4.78, 5) is 14.3. The van der Waals surface area contributed by atoms with Gasteiger partial charge in [0.1, 0.15) is 0 Å². The van der Waals surface area contributed by atoms with Crippen LogP contribution in [0.15, 0.2) is 35.7 Å². The molecule has 0 spiro atoms. The molecule has 2 aromatic rings. The molecule has 8 nitrogen and oxygen atoms in total. The van der Waals surface area contributed by atoms with Crippen molar-refractivity contribution in [2.75, 3.05) is 4.72 Å². The highest BCUT2D eigenvalue weighted by molar-refractivity contribution is 7.92. The number of imidazole rings is 1. The van der Waals surface area contributed by atoms with Gasteiger partial charge in [0.2, 0.25) is 0 Å². The summed E-state index contributed by atoms with van der Waals surface area (Å²) in [6.07, 6.45) is 3.75.